The summed E-state index contributed by atoms with van der Waals surface area (Å²) >= 11 is 3.59. The molecule has 17 heavy (non-hydrogen) atoms. The van der Waals surface area contributed by atoms with Crippen LogP contribution in [0.3, 0.4) is 0 Å². The van der Waals surface area contributed by atoms with Gasteiger partial charge in [-0.25, -0.2) is 0 Å². The third-order valence-corrected chi connectivity index (χ3v) is 3.04. The number of rotatable bonds is 4. The van der Waals surface area contributed by atoms with Gasteiger partial charge >= 0.3 is 0 Å². The van der Waals surface area contributed by atoms with Gasteiger partial charge in [-0.3, -0.25) is 0 Å². The normalized spacial score (nSPS) is 17.2. The summed E-state index contributed by atoms with van der Waals surface area (Å²) in [6.07, 6.45) is 0.204. The summed E-state index contributed by atoms with van der Waals surface area (Å²) in [7, 11) is 0. The first-order valence-corrected chi connectivity index (χ1v) is 6.68. The second-order valence-corrected chi connectivity index (χ2v) is 5.84. The van der Waals surface area contributed by atoms with Crippen molar-refractivity contribution in [1.82, 2.24) is 0 Å². The van der Waals surface area contributed by atoms with E-state index < -0.39 is 0 Å². The first-order chi connectivity index (χ1) is 8.08. The van der Waals surface area contributed by atoms with Crippen LogP contribution in [0.5, 0.6) is 11.5 Å². The molecule has 2 atom stereocenters. The van der Waals surface area contributed by atoms with Crippen molar-refractivity contribution in [2.45, 2.75) is 37.8 Å². The summed E-state index contributed by atoms with van der Waals surface area (Å²) in [5.74, 6) is 1.60. The third-order valence-electron chi connectivity index (χ3n) is 2.56. The van der Waals surface area contributed by atoms with Crippen molar-refractivity contribution in [3.63, 3.8) is 0 Å². The minimum atomic E-state index is 0.0181. The summed E-state index contributed by atoms with van der Waals surface area (Å²) in [6.45, 7) is 6.46. The molecule has 0 amide bonds. The van der Waals surface area contributed by atoms with Crippen molar-refractivity contribution in [2.75, 3.05) is 6.79 Å². The fourth-order valence-electron chi connectivity index (χ4n) is 1.84. The van der Waals surface area contributed by atoms with E-state index in [2.05, 4.69) is 22.9 Å². The quantitative estimate of drug-likeness (QED) is 0.794. The number of halogens is 1. The fraction of sp³-hybridized carbons (Fsp3) is 0.538. The molecule has 1 aliphatic heterocycles. The van der Waals surface area contributed by atoms with E-state index in [1.807, 2.05) is 32.0 Å². The van der Waals surface area contributed by atoms with Crippen LogP contribution in [0.25, 0.3) is 0 Å². The Morgan fingerprint density at radius 2 is 1.88 bits per heavy atom. The summed E-state index contributed by atoms with van der Waals surface area (Å²) in [5, 5.41) is 0. The fourth-order valence-corrected chi connectivity index (χ4v) is 2.27. The van der Waals surface area contributed by atoms with Crippen molar-refractivity contribution < 1.29 is 14.2 Å². The minimum Gasteiger partial charge on any atom is -0.454 e. The SMILES string of the molecule is CC(C)O[C@H](c1ccc2c(c1)OCO2)[C@H](C)Br. The second kappa shape index (κ2) is 5.27. The second-order valence-electron chi connectivity index (χ2n) is 4.40. The van der Waals surface area contributed by atoms with Gasteiger partial charge in [0.15, 0.2) is 11.5 Å². The summed E-state index contributed by atoms with van der Waals surface area (Å²) in [4.78, 5) is 0.241. The van der Waals surface area contributed by atoms with Crippen LogP contribution in [0, 0.1) is 0 Å². The van der Waals surface area contributed by atoms with Gasteiger partial charge in [0.05, 0.1) is 12.2 Å². The molecular weight excluding hydrogens is 284 g/mol. The number of fused-ring (bicyclic) bond motifs is 1. The Labute approximate surface area is 110 Å². The van der Waals surface area contributed by atoms with Crippen LogP contribution in [0.4, 0.5) is 0 Å². The lowest BCUT2D eigenvalue weighted by atomic mass is 10.1. The van der Waals surface area contributed by atoms with Crippen LogP contribution in [0.1, 0.15) is 32.4 Å². The highest BCUT2D eigenvalue weighted by Gasteiger charge is 2.22. The molecule has 1 aromatic rings. The summed E-state index contributed by atoms with van der Waals surface area (Å²) < 4.78 is 16.6. The zero-order valence-corrected chi connectivity index (χ0v) is 11.9. The Morgan fingerprint density at radius 1 is 1.18 bits per heavy atom. The average molecular weight is 301 g/mol. The van der Waals surface area contributed by atoms with Crippen molar-refractivity contribution in [3.8, 4) is 11.5 Å². The van der Waals surface area contributed by atoms with Gasteiger partial charge in [-0.15, -0.1) is 0 Å². The van der Waals surface area contributed by atoms with Gasteiger partial charge in [0.1, 0.15) is 0 Å². The Hall–Kier alpha value is -0.740. The topological polar surface area (TPSA) is 27.7 Å². The Morgan fingerprint density at radius 3 is 2.53 bits per heavy atom. The molecule has 4 heteroatoms. The smallest absolute Gasteiger partial charge is 0.231 e. The Bertz CT molecular complexity index is 390. The maximum Gasteiger partial charge on any atom is 0.231 e. The van der Waals surface area contributed by atoms with Crippen LogP contribution in [0.2, 0.25) is 0 Å². The van der Waals surface area contributed by atoms with E-state index in [0.717, 1.165) is 17.1 Å². The third kappa shape index (κ3) is 2.93. The predicted molar refractivity (Wildman–Crippen MR) is 69.9 cm³/mol. The number of ether oxygens (including phenoxy) is 3. The van der Waals surface area contributed by atoms with Gasteiger partial charge in [-0.2, -0.15) is 0 Å². The molecular formula is C13H17BrO3. The molecule has 0 spiro atoms. The highest BCUT2D eigenvalue weighted by molar-refractivity contribution is 9.09. The zero-order valence-electron chi connectivity index (χ0n) is 10.3. The number of alkyl halides is 1. The molecule has 1 aromatic carbocycles. The Balaban J connectivity index is 2.24. The lowest BCUT2D eigenvalue weighted by Crippen LogP contribution is -2.17. The van der Waals surface area contributed by atoms with Crippen LogP contribution < -0.4 is 9.47 Å². The molecule has 0 saturated carbocycles. The molecule has 3 nitrogen and oxygen atoms in total. The first kappa shape index (κ1) is 12.7. The monoisotopic (exact) mass is 300 g/mol. The van der Waals surface area contributed by atoms with E-state index in [-0.39, 0.29) is 17.0 Å². The maximum absolute atomic E-state index is 5.91. The summed E-state index contributed by atoms with van der Waals surface area (Å²) in [5.41, 5.74) is 1.10. The number of hydrogen-bond acceptors (Lipinski definition) is 3. The Kier molecular flexibility index (Phi) is 3.94. The standard InChI is InChI=1S/C13H17BrO3/c1-8(2)17-13(9(3)14)10-4-5-11-12(6-10)16-7-15-11/h4-6,8-9,13H,7H2,1-3H3/t9-,13-/m0/s1. The highest BCUT2D eigenvalue weighted by Crippen LogP contribution is 2.37. The number of benzene rings is 1. The van der Waals surface area contributed by atoms with Crippen LogP contribution in [0.15, 0.2) is 18.2 Å². The van der Waals surface area contributed by atoms with E-state index >= 15 is 0 Å². The number of hydrogen-bond donors (Lipinski definition) is 0. The van der Waals surface area contributed by atoms with Gasteiger partial charge in [0.2, 0.25) is 6.79 Å². The van der Waals surface area contributed by atoms with Crippen molar-refractivity contribution >= 4 is 15.9 Å². The molecule has 1 aliphatic rings. The molecule has 1 heterocycles. The molecule has 0 unspecified atom stereocenters. The van der Waals surface area contributed by atoms with Crippen molar-refractivity contribution in [1.29, 1.82) is 0 Å². The van der Waals surface area contributed by atoms with Gasteiger partial charge in [-0.05, 0) is 38.5 Å². The molecule has 0 aromatic heterocycles. The van der Waals surface area contributed by atoms with E-state index in [4.69, 9.17) is 14.2 Å². The van der Waals surface area contributed by atoms with Crippen molar-refractivity contribution in [2.24, 2.45) is 0 Å². The first-order valence-electron chi connectivity index (χ1n) is 5.77. The molecule has 0 fully saturated rings. The molecule has 0 saturated heterocycles. The van der Waals surface area contributed by atoms with E-state index in [0.29, 0.717) is 6.79 Å². The lowest BCUT2D eigenvalue weighted by Gasteiger charge is -2.23. The molecule has 2 rings (SSSR count). The molecule has 0 bridgehead atoms. The van der Waals surface area contributed by atoms with Crippen LogP contribution in [-0.2, 0) is 4.74 Å². The van der Waals surface area contributed by atoms with Crippen LogP contribution in [-0.4, -0.2) is 17.7 Å². The zero-order chi connectivity index (χ0) is 12.4. The van der Waals surface area contributed by atoms with Gasteiger partial charge in [0, 0.05) is 4.83 Å². The minimum absolute atomic E-state index is 0.0181. The van der Waals surface area contributed by atoms with Gasteiger partial charge in [0.25, 0.3) is 0 Å². The van der Waals surface area contributed by atoms with Gasteiger partial charge in [-0.1, -0.05) is 22.0 Å². The van der Waals surface area contributed by atoms with Crippen molar-refractivity contribution in [3.05, 3.63) is 23.8 Å². The summed E-state index contributed by atoms with van der Waals surface area (Å²) in [6, 6.07) is 5.95. The largest absolute Gasteiger partial charge is 0.454 e. The predicted octanol–water partition coefficient (Wildman–Crippen LogP) is 3.66. The maximum atomic E-state index is 5.91. The van der Waals surface area contributed by atoms with Gasteiger partial charge < -0.3 is 14.2 Å². The van der Waals surface area contributed by atoms with E-state index in [1.54, 1.807) is 0 Å². The molecule has 0 N–H and O–H groups in total. The van der Waals surface area contributed by atoms with Crippen LogP contribution >= 0.6 is 15.9 Å². The lowest BCUT2D eigenvalue weighted by molar-refractivity contribution is 0.00875. The van der Waals surface area contributed by atoms with E-state index in [1.165, 1.54) is 0 Å². The molecule has 0 radical (unpaired) electrons. The molecule has 94 valence electrons. The van der Waals surface area contributed by atoms with E-state index in [9.17, 15) is 0 Å². The average Bonchev–Trinajstić information content (AvgIpc) is 2.72. The highest BCUT2D eigenvalue weighted by atomic mass is 79.9. The molecule has 0 aliphatic carbocycles.